The molecule has 1 aromatic heterocycles. The number of thiophene rings is 1. The highest BCUT2D eigenvalue weighted by Crippen LogP contribution is 2.34. The standard InChI is InChI=1S/C55H55ClN2O13S/c1-57(50(60)35-15-22-42(66-3)23-16-35)58(2)51(61)36-17-24-44(25-18-36)70-54(64)38-9-7-37(8-10-38)52(62)68-32-31-34-5-20-43(21-6-34)69-53(63)39-11-13-40(14-12-39)55(65)71-47-28-26-45(67-4)33-41(47)19-27-46(59)48-29-30-49(56)72-48/h5-6,15-30,33,37-40H,7-14,31-32H2,1-4H3/b27-19+. The zero-order valence-electron chi connectivity index (χ0n) is 40.3. The maximum atomic E-state index is 13.3. The zero-order valence-corrected chi connectivity index (χ0v) is 41.9. The molecule has 0 spiro atoms. The number of hydrogen-bond acceptors (Lipinski definition) is 14. The molecule has 0 unspecified atom stereocenters. The summed E-state index contributed by atoms with van der Waals surface area (Å²) >= 11 is 7.16. The maximum Gasteiger partial charge on any atom is 0.314 e. The second-order valence-corrected chi connectivity index (χ2v) is 19.3. The van der Waals surface area contributed by atoms with Gasteiger partial charge in [0.15, 0.2) is 5.78 Å². The third-order valence-corrected chi connectivity index (χ3v) is 14.2. The van der Waals surface area contributed by atoms with Crippen molar-refractivity contribution in [3.8, 4) is 28.7 Å². The number of amides is 2. The Kier molecular flexibility index (Phi) is 18.0. The van der Waals surface area contributed by atoms with Gasteiger partial charge in [-0.3, -0.25) is 43.6 Å². The van der Waals surface area contributed by atoms with E-state index in [0.717, 1.165) is 5.56 Å². The lowest BCUT2D eigenvalue weighted by molar-refractivity contribution is -0.152. The molecule has 15 nitrogen and oxygen atoms in total. The molecule has 0 aliphatic heterocycles. The van der Waals surface area contributed by atoms with Crippen LogP contribution in [0.1, 0.15) is 92.9 Å². The number of hydrazine groups is 1. The summed E-state index contributed by atoms with van der Waals surface area (Å²) in [5.74, 6) is -2.00. The highest BCUT2D eigenvalue weighted by molar-refractivity contribution is 7.18. The van der Waals surface area contributed by atoms with E-state index in [2.05, 4.69) is 0 Å². The van der Waals surface area contributed by atoms with E-state index in [1.807, 2.05) is 12.1 Å². The number of hydrogen-bond donors (Lipinski definition) is 0. The molecule has 0 saturated heterocycles. The number of carbonyl (C=O) groups excluding carboxylic acids is 7. The van der Waals surface area contributed by atoms with Crippen LogP contribution in [0.2, 0.25) is 4.34 Å². The number of nitrogens with zero attached hydrogens (tertiary/aromatic N) is 2. The largest absolute Gasteiger partial charge is 0.497 e. The molecular weight excluding hydrogens is 964 g/mol. The summed E-state index contributed by atoms with van der Waals surface area (Å²) in [5.41, 5.74) is 2.07. The molecule has 0 radical (unpaired) electrons. The monoisotopic (exact) mass is 1020 g/mol. The fourth-order valence-corrected chi connectivity index (χ4v) is 9.41. The molecular formula is C55H55ClN2O13S. The molecule has 2 aliphatic rings. The van der Waals surface area contributed by atoms with Crippen LogP contribution in [-0.2, 0) is 30.3 Å². The van der Waals surface area contributed by atoms with Gasteiger partial charge in [-0.25, -0.2) is 0 Å². The second-order valence-electron chi connectivity index (χ2n) is 17.5. The highest BCUT2D eigenvalue weighted by atomic mass is 35.5. The van der Waals surface area contributed by atoms with Crippen LogP contribution in [-0.4, -0.2) is 86.4 Å². The molecule has 1 heterocycles. The van der Waals surface area contributed by atoms with Gasteiger partial charge in [0.2, 0.25) is 0 Å². The summed E-state index contributed by atoms with van der Waals surface area (Å²) < 4.78 is 33.7. The van der Waals surface area contributed by atoms with Gasteiger partial charge in [0, 0.05) is 37.2 Å². The van der Waals surface area contributed by atoms with E-state index in [1.165, 1.54) is 80.0 Å². The minimum atomic E-state index is -0.431. The first kappa shape index (κ1) is 52.5. The van der Waals surface area contributed by atoms with Crippen LogP contribution < -0.4 is 23.7 Å². The number of carbonyl (C=O) groups is 7. The second kappa shape index (κ2) is 24.7. The van der Waals surface area contributed by atoms with E-state index in [1.54, 1.807) is 72.8 Å². The fourth-order valence-electron chi connectivity index (χ4n) is 8.45. The van der Waals surface area contributed by atoms with E-state index in [9.17, 15) is 33.6 Å². The van der Waals surface area contributed by atoms with Gasteiger partial charge in [0.1, 0.15) is 28.7 Å². The lowest BCUT2D eigenvalue weighted by Crippen LogP contribution is -2.44. The van der Waals surface area contributed by atoms with Crippen molar-refractivity contribution in [3.63, 3.8) is 0 Å². The Balaban J connectivity index is 0.781. The Morgan fingerprint density at radius 1 is 0.556 bits per heavy atom. The predicted molar refractivity (Wildman–Crippen MR) is 268 cm³/mol. The SMILES string of the molecule is COc1ccc(C(=O)N(C)N(C)C(=O)c2ccc(OC(=O)C3CCC(C(=O)OCCc4ccc(OC(=O)C5CCC(C(=O)Oc6ccc(OC)cc6/C=C/C(=O)c6ccc(Cl)s6)CC5)cc4)CC3)cc2)cc1. The van der Waals surface area contributed by atoms with Crippen molar-refractivity contribution < 1.29 is 62.0 Å². The number of benzene rings is 4. The average molecular weight is 1020 g/mol. The van der Waals surface area contributed by atoms with Crippen molar-refractivity contribution in [1.82, 2.24) is 10.0 Å². The molecule has 2 aliphatic carbocycles. The van der Waals surface area contributed by atoms with Gasteiger partial charge < -0.3 is 28.4 Å². The van der Waals surface area contributed by atoms with Crippen LogP contribution >= 0.6 is 22.9 Å². The first-order chi connectivity index (χ1) is 34.7. The zero-order chi connectivity index (χ0) is 51.3. The van der Waals surface area contributed by atoms with Gasteiger partial charge >= 0.3 is 23.9 Å². The fraction of sp³-hybridized carbons (Fsp3) is 0.327. The molecule has 0 atom stereocenters. The Bertz CT molecular complexity index is 2770. The number of ether oxygens (including phenoxy) is 6. The van der Waals surface area contributed by atoms with Crippen molar-refractivity contribution >= 4 is 70.5 Å². The third-order valence-electron chi connectivity index (χ3n) is 12.9. The molecule has 4 aromatic carbocycles. The molecule has 5 aromatic rings. The van der Waals surface area contributed by atoms with Crippen LogP contribution in [0.5, 0.6) is 28.7 Å². The van der Waals surface area contributed by atoms with Crippen LogP contribution in [0, 0.1) is 23.7 Å². The van der Waals surface area contributed by atoms with Crippen molar-refractivity contribution in [2.24, 2.45) is 23.7 Å². The predicted octanol–water partition coefficient (Wildman–Crippen LogP) is 9.89. The number of esters is 4. The van der Waals surface area contributed by atoms with Gasteiger partial charge in [0.05, 0.1) is 53.7 Å². The van der Waals surface area contributed by atoms with E-state index < -0.39 is 29.7 Å². The minimum absolute atomic E-state index is 0.163. The highest BCUT2D eigenvalue weighted by Gasteiger charge is 2.34. The quantitative estimate of drug-likeness (QED) is 0.0283. The van der Waals surface area contributed by atoms with Crippen molar-refractivity contribution in [3.05, 3.63) is 141 Å². The van der Waals surface area contributed by atoms with Gasteiger partial charge in [-0.05, 0) is 160 Å². The van der Waals surface area contributed by atoms with E-state index in [-0.39, 0.29) is 53.6 Å². The molecule has 72 heavy (non-hydrogen) atoms. The van der Waals surface area contributed by atoms with Gasteiger partial charge in [0.25, 0.3) is 11.8 Å². The summed E-state index contributed by atoms with van der Waals surface area (Å²) in [5, 5.41) is 2.41. The van der Waals surface area contributed by atoms with E-state index in [4.69, 9.17) is 40.0 Å². The normalized spacial score (nSPS) is 17.5. The van der Waals surface area contributed by atoms with Crippen molar-refractivity contribution in [2.45, 2.75) is 57.8 Å². The molecule has 0 bridgehead atoms. The van der Waals surface area contributed by atoms with Gasteiger partial charge in [-0.15, -0.1) is 11.3 Å². The molecule has 17 heteroatoms. The molecule has 7 rings (SSSR count). The van der Waals surface area contributed by atoms with Crippen LogP contribution in [0.15, 0.2) is 109 Å². The van der Waals surface area contributed by atoms with Gasteiger partial charge in [-0.2, -0.15) is 0 Å². The Morgan fingerprint density at radius 2 is 1.00 bits per heavy atom. The number of halogens is 1. The summed E-state index contributed by atoms with van der Waals surface area (Å²) in [7, 11) is 6.04. The summed E-state index contributed by atoms with van der Waals surface area (Å²) in [6, 6.07) is 28.0. The average Bonchev–Trinajstić information content (AvgIpc) is 3.86. The smallest absolute Gasteiger partial charge is 0.314 e. The Labute approximate surface area is 426 Å². The molecule has 0 N–H and O–H groups in total. The number of methoxy groups -OCH3 is 2. The van der Waals surface area contributed by atoms with Crippen molar-refractivity contribution in [1.29, 1.82) is 0 Å². The first-order valence-corrected chi connectivity index (χ1v) is 24.8. The summed E-state index contributed by atoms with van der Waals surface area (Å²) in [6.07, 6.45) is 7.11. The summed E-state index contributed by atoms with van der Waals surface area (Å²) in [6.45, 7) is 0.163. The number of ketones is 1. The number of rotatable bonds is 17. The minimum Gasteiger partial charge on any atom is -0.497 e. The van der Waals surface area contributed by atoms with E-state index >= 15 is 0 Å². The van der Waals surface area contributed by atoms with Crippen molar-refractivity contribution in [2.75, 3.05) is 34.9 Å². The first-order valence-electron chi connectivity index (χ1n) is 23.6. The lowest BCUT2D eigenvalue weighted by Gasteiger charge is -2.28. The molecule has 2 fully saturated rings. The molecule has 2 saturated carbocycles. The van der Waals surface area contributed by atoms with Crippen LogP contribution in [0.3, 0.4) is 0 Å². The third kappa shape index (κ3) is 13.8. The number of allylic oxidation sites excluding steroid dienone is 1. The van der Waals surface area contributed by atoms with Gasteiger partial charge in [-0.1, -0.05) is 23.7 Å². The molecule has 2 amide bonds. The van der Waals surface area contributed by atoms with Crippen LogP contribution in [0.25, 0.3) is 6.08 Å². The Morgan fingerprint density at radius 3 is 1.47 bits per heavy atom. The van der Waals surface area contributed by atoms with Crippen LogP contribution in [0.4, 0.5) is 0 Å². The Hall–Kier alpha value is -7.30. The molecule has 376 valence electrons. The lowest BCUT2D eigenvalue weighted by atomic mass is 9.82. The summed E-state index contributed by atoms with van der Waals surface area (Å²) in [4.78, 5) is 91.6. The van der Waals surface area contributed by atoms with E-state index in [0.29, 0.717) is 101 Å². The topological polar surface area (TPSA) is 181 Å². The maximum absolute atomic E-state index is 13.3.